The van der Waals surface area contributed by atoms with Gasteiger partial charge in [0.2, 0.25) is 0 Å². The number of aromatic nitrogens is 1. The van der Waals surface area contributed by atoms with Gasteiger partial charge in [0, 0.05) is 24.2 Å². The van der Waals surface area contributed by atoms with Gasteiger partial charge in [-0.2, -0.15) is 0 Å². The Labute approximate surface area is 115 Å². The van der Waals surface area contributed by atoms with Crippen molar-refractivity contribution in [2.75, 3.05) is 13.2 Å². The van der Waals surface area contributed by atoms with E-state index in [1.165, 1.54) is 12.8 Å². The van der Waals surface area contributed by atoms with Crippen LogP contribution in [0.4, 0.5) is 0 Å². The van der Waals surface area contributed by atoms with Crippen LogP contribution in [0.15, 0.2) is 12.3 Å². The SMILES string of the molecule is CCCCC#Cc1cnc(C)c(OC[C@H]2CCN2)c1. The van der Waals surface area contributed by atoms with Crippen molar-refractivity contribution in [1.29, 1.82) is 0 Å². The lowest BCUT2D eigenvalue weighted by Gasteiger charge is -2.27. The van der Waals surface area contributed by atoms with Gasteiger partial charge in [-0.1, -0.05) is 25.2 Å². The van der Waals surface area contributed by atoms with Gasteiger partial charge in [0.05, 0.1) is 5.69 Å². The summed E-state index contributed by atoms with van der Waals surface area (Å²) in [7, 11) is 0. The minimum absolute atomic E-state index is 0.499. The molecule has 0 aliphatic carbocycles. The van der Waals surface area contributed by atoms with Crippen molar-refractivity contribution in [1.82, 2.24) is 10.3 Å². The van der Waals surface area contributed by atoms with E-state index in [-0.39, 0.29) is 0 Å². The van der Waals surface area contributed by atoms with Crippen LogP contribution in [0.2, 0.25) is 0 Å². The molecule has 0 unspecified atom stereocenters. The first kappa shape index (κ1) is 13.9. The van der Waals surface area contributed by atoms with E-state index in [2.05, 4.69) is 29.1 Å². The molecular weight excluding hydrogens is 236 g/mol. The Kier molecular flexibility index (Phi) is 5.23. The molecule has 0 amide bonds. The van der Waals surface area contributed by atoms with Crippen LogP contribution in [0, 0.1) is 18.8 Å². The molecule has 1 aliphatic rings. The molecule has 1 saturated heterocycles. The zero-order valence-electron chi connectivity index (χ0n) is 11.8. The van der Waals surface area contributed by atoms with Crippen molar-refractivity contribution in [2.24, 2.45) is 0 Å². The van der Waals surface area contributed by atoms with E-state index >= 15 is 0 Å². The number of hydrogen-bond donors (Lipinski definition) is 1. The number of nitrogens with one attached hydrogen (secondary N) is 1. The van der Waals surface area contributed by atoms with Crippen molar-refractivity contribution < 1.29 is 4.74 Å². The second kappa shape index (κ2) is 7.16. The van der Waals surface area contributed by atoms with E-state index in [1.807, 2.05) is 19.2 Å². The zero-order chi connectivity index (χ0) is 13.5. The molecule has 0 aromatic carbocycles. The zero-order valence-corrected chi connectivity index (χ0v) is 11.8. The van der Waals surface area contributed by atoms with Crippen molar-refractivity contribution in [3.8, 4) is 17.6 Å². The van der Waals surface area contributed by atoms with Crippen molar-refractivity contribution >= 4 is 0 Å². The Morgan fingerprint density at radius 1 is 1.53 bits per heavy atom. The highest BCUT2D eigenvalue weighted by Crippen LogP contribution is 2.17. The lowest BCUT2D eigenvalue weighted by atomic mass is 10.1. The second-order valence-corrected chi connectivity index (χ2v) is 4.96. The van der Waals surface area contributed by atoms with Crippen LogP contribution in [0.5, 0.6) is 5.75 Å². The van der Waals surface area contributed by atoms with Crippen LogP contribution in [0.3, 0.4) is 0 Å². The number of pyridine rings is 1. The maximum absolute atomic E-state index is 5.82. The summed E-state index contributed by atoms with van der Waals surface area (Å²) in [4.78, 5) is 4.35. The maximum atomic E-state index is 5.82. The summed E-state index contributed by atoms with van der Waals surface area (Å²) in [6.07, 6.45) is 6.31. The molecule has 0 spiro atoms. The number of hydrogen-bond acceptors (Lipinski definition) is 3. The fraction of sp³-hybridized carbons (Fsp3) is 0.562. The Morgan fingerprint density at radius 2 is 2.37 bits per heavy atom. The normalized spacial score (nSPS) is 17.3. The van der Waals surface area contributed by atoms with Crippen LogP contribution in [-0.4, -0.2) is 24.2 Å². The van der Waals surface area contributed by atoms with Crippen LogP contribution >= 0.6 is 0 Å². The third kappa shape index (κ3) is 4.25. The fourth-order valence-electron chi connectivity index (χ4n) is 1.84. The van der Waals surface area contributed by atoms with Gasteiger partial charge < -0.3 is 10.1 Å². The van der Waals surface area contributed by atoms with Crippen LogP contribution in [0.25, 0.3) is 0 Å². The molecule has 2 heterocycles. The Hall–Kier alpha value is -1.53. The molecule has 0 bridgehead atoms. The first-order valence-corrected chi connectivity index (χ1v) is 7.11. The van der Waals surface area contributed by atoms with Gasteiger partial charge >= 0.3 is 0 Å². The van der Waals surface area contributed by atoms with Gasteiger partial charge in [-0.15, -0.1) is 0 Å². The molecule has 1 aliphatic heterocycles. The summed E-state index contributed by atoms with van der Waals surface area (Å²) >= 11 is 0. The monoisotopic (exact) mass is 258 g/mol. The minimum atomic E-state index is 0.499. The van der Waals surface area contributed by atoms with Gasteiger partial charge in [-0.25, -0.2) is 0 Å². The van der Waals surface area contributed by atoms with E-state index in [0.29, 0.717) is 6.04 Å². The van der Waals surface area contributed by atoms with Crippen LogP contribution < -0.4 is 10.1 Å². The highest BCUT2D eigenvalue weighted by Gasteiger charge is 2.17. The van der Waals surface area contributed by atoms with Gasteiger partial charge in [0.15, 0.2) is 0 Å². The predicted molar refractivity (Wildman–Crippen MR) is 77.3 cm³/mol. The van der Waals surface area contributed by atoms with Gasteiger partial charge in [0.1, 0.15) is 12.4 Å². The van der Waals surface area contributed by atoms with Gasteiger partial charge in [-0.3, -0.25) is 4.98 Å². The molecule has 0 radical (unpaired) electrons. The van der Waals surface area contributed by atoms with Crippen molar-refractivity contribution in [2.45, 2.75) is 45.6 Å². The topological polar surface area (TPSA) is 34.1 Å². The number of ether oxygens (including phenoxy) is 1. The number of unbranched alkanes of at least 4 members (excludes halogenated alkanes) is 2. The average molecular weight is 258 g/mol. The molecule has 1 aromatic rings. The largest absolute Gasteiger partial charge is 0.490 e. The van der Waals surface area contributed by atoms with E-state index in [0.717, 1.165) is 43.0 Å². The molecule has 102 valence electrons. The third-order valence-electron chi connectivity index (χ3n) is 3.29. The summed E-state index contributed by atoms with van der Waals surface area (Å²) in [5.74, 6) is 7.19. The summed E-state index contributed by atoms with van der Waals surface area (Å²) in [6.45, 7) is 5.97. The van der Waals surface area contributed by atoms with Crippen LogP contribution in [-0.2, 0) is 0 Å². The van der Waals surface area contributed by atoms with E-state index in [1.54, 1.807) is 0 Å². The first-order chi connectivity index (χ1) is 9.29. The molecule has 1 atom stereocenters. The molecule has 1 aromatic heterocycles. The third-order valence-corrected chi connectivity index (χ3v) is 3.29. The molecule has 1 fully saturated rings. The molecule has 1 N–H and O–H groups in total. The average Bonchev–Trinajstić information content (AvgIpc) is 2.36. The minimum Gasteiger partial charge on any atom is -0.490 e. The van der Waals surface area contributed by atoms with Gasteiger partial charge in [-0.05, 0) is 32.4 Å². The first-order valence-electron chi connectivity index (χ1n) is 7.11. The number of aryl methyl sites for hydroxylation is 1. The quantitative estimate of drug-likeness (QED) is 0.651. The standard InChI is InChI=1S/C16H22N2O/c1-3-4-5-6-7-14-10-16(13(2)18-11-14)19-12-15-8-9-17-15/h10-11,15,17H,3-5,8-9,12H2,1-2H3/t15-/m1/s1. The van der Waals surface area contributed by atoms with E-state index < -0.39 is 0 Å². The predicted octanol–water partition coefficient (Wildman–Crippen LogP) is 2.67. The maximum Gasteiger partial charge on any atom is 0.141 e. The molecule has 3 heteroatoms. The van der Waals surface area contributed by atoms with Crippen molar-refractivity contribution in [3.63, 3.8) is 0 Å². The highest BCUT2D eigenvalue weighted by molar-refractivity contribution is 5.40. The van der Waals surface area contributed by atoms with E-state index in [4.69, 9.17) is 4.74 Å². The molecule has 2 rings (SSSR count). The lowest BCUT2D eigenvalue weighted by Crippen LogP contribution is -2.46. The lowest BCUT2D eigenvalue weighted by molar-refractivity contribution is 0.216. The molecule has 3 nitrogen and oxygen atoms in total. The molecule has 19 heavy (non-hydrogen) atoms. The summed E-state index contributed by atoms with van der Waals surface area (Å²) < 4.78 is 5.82. The smallest absolute Gasteiger partial charge is 0.141 e. The number of rotatable bonds is 5. The fourth-order valence-corrected chi connectivity index (χ4v) is 1.84. The van der Waals surface area contributed by atoms with Crippen LogP contribution in [0.1, 0.15) is 43.9 Å². The van der Waals surface area contributed by atoms with Gasteiger partial charge in [0.25, 0.3) is 0 Å². The Balaban J connectivity index is 1.94. The Bertz CT molecular complexity index is 469. The number of nitrogens with zero attached hydrogens (tertiary/aromatic N) is 1. The second-order valence-electron chi connectivity index (χ2n) is 4.96. The molecular formula is C16H22N2O. The van der Waals surface area contributed by atoms with Crippen molar-refractivity contribution in [3.05, 3.63) is 23.5 Å². The Morgan fingerprint density at radius 3 is 3.05 bits per heavy atom. The summed E-state index contributed by atoms with van der Waals surface area (Å²) in [5, 5.41) is 3.32. The molecule has 0 saturated carbocycles. The van der Waals surface area contributed by atoms with E-state index in [9.17, 15) is 0 Å². The summed E-state index contributed by atoms with van der Waals surface area (Å²) in [5.41, 5.74) is 1.87. The summed E-state index contributed by atoms with van der Waals surface area (Å²) in [6, 6.07) is 2.50. The highest BCUT2D eigenvalue weighted by atomic mass is 16.5.